The van der Waals surface area contributed by atoms with E-state index in [-0.39, 0.29) is 226 Å². The van der Waals surface area contributed by atoms with Gasteiger partial charge in [-0.15, -0.1) is 0 Å². The molecule has 0 aromatic rings. The van der Waals surface area contributed by atoms with Crippen LogP contribution in [0.2, 0.25) is 0 Å². The maximum absolute atomic E-state index is 13.4. The summed E-state index contributed by atoms with van der Waals surface area (Å²) in [7, 11) is -25.3. The van der Waals surface area contributed by atoms with Crippen LogP contribution < -0.4 is 246 Å². The standard InChI is InChI=1S/C41H81NO23P4.7Na/c1-4-7-9-11-13-15-16-17-18-19-21-23-25-28-34(44)61-31(29-59-41(47)32(42-33(43)26-6-3)27-24-22-20-14-12-10-8-5-2)30-60-69(57,58)65-37-35(45)38(62-66(48,49)50)40(64-68(54,55)56)39(36(37)46)63-67(51,52)53;;;;;;;/h31-32,35-40,45-46H,4-30H2,1-3H3,(H,42,43)(H,57,58)(H2,48,49,50)(H2,51,52,53)(H2,54,55,56);;;;;;;/q;7*+1/p-7/t31-,32?,35?,36?,37?,38?,39?,40?;;;;;;;/m1......./s1. The molecule has 3 N–H and O–H groups in total. The Morgan fingerprint density at radius 1 is 0.474 bits per heavy atom. The second-order valence-corrected chi connectivity index (χ2v) is 21.9. The number of rotatable bonds is 41. The summed E-state index contributed by atoms with van der Waals surface area (Å²) in [6, 6.07) is -1.14. The third-order valence-corrected chi connectivity index (χ3v) is 13.5. The van der Waals surface area contributed by atoms with Gasteiger partial charge in [0.25, 0.3) is 7.82 Å². The summed E-state index contributed by atoms with van der Waals surface area (Å²) in [5.74, 6) is -2.25. The number of hydrogen-bond acceptors (Lipinski definition) is 23. The number of carbonyl (C=O) groups is 3. The van der Waals surface area contributed by atoms with Gasteiger partial charge in [0.1, 0.15) is 49.3 Å². The van der Waals surface area contributed by atoms with Crippen LogP contribution in [0, 0.1) is 0 Å². The molecule has 1 amide bonds. The summed E-state index contributed by atoms with van der Waals surface area (Å²) in [6.07, 6.45) is 1.66. The fourth-order valence-electron chi connectivity index (χ4n) is 7.59. The molecule has 0 aromatic heterocycles. The molecule has 0 aliphatic heterocycles. The van der Waals surface area contributed by atoms with E-state index < -0.39 is 111 Å². The van der Waals surface area contributed by atoms with Gasteiger partial charge in [-0.3, -0.25) is 14.2 Å². The minimum absolute atomic E-state index is 0. The second-order valence-electron chi connectivity index (χ2n) is 17.2. The van der Waals surface area contributed by atoms with Crippen molar-refractivity contribution in [1.29, 1.82) is 0 Å². The number of carbonyl (C=O) groups excluding carboxylic acids is 3. The normalized spacial score (nSPS) is 19.8. The molecule has 24 nitrogen and oxygen atoms in total. The van der Waals surface area contributed by atoms with Gasteiger partial charge in [0.05, 0.1) is 30.1 Å². The number of ether oxygens (including phenoxy) is 2. The molecule has 76 heavy (non-hydrogen) atoms. The molecule has 1 rings (SSSR count). The molecule has 0 saturated heterocycles. The third-order valence-electron chi connectivity index (χ3n) is 11.1. The number of phosphoric acid groups is 4. The first-order chi connectivity index (χ1) is 32.3. The molecule has 0 spiro atoms. The Hall–Kier alpha value is 5.77. The molecule has 1 aliphatic carbocycles. The molecule has 0 radical (unpaired) electrons. The summed E-state index contributed by atoms with van der Waals surface area (Å²) in [6.45, 7) is 3.98. The zero-order chi connectivity index (χ0) is 52.1. The molecule has 1 saturated carbocycles. The largest absolute Gasteiger partial charge is 1.00 e. The van der Waals surface area contributed by atoms with Gasteiger partial charge in [0, 0.05) is 12.8 Å². The fraction of sp³-hybridized carbons (Fsp3) is 0.927. The van der Waals surface area contributed by atoms with Gasteiger partial charge >= 0.3 is 219 Å². The maximum atomic E-state index is 13.4. The molecule has 408 valence electrons. The molecular weight excluding hydrogens is 1160 g/mol. The Balaban J connectivity index is -0.00000136. The van der Waals surface area contributed by atoms with E-state index in [2.05, 4.69) is 37.3 Å². The number of unbranched alkanes of at least 4 members (excludes halogenated alkanes) is 19. The maximum Gasteiger partial charge on any atom is 1.00 e. The van der Waals surface area contributed by atoms with Gasteiger partial charge < -0.3 is 95.6 Å². The van der Waals surface area contributed by atoms with Gasteiger partial charge in [0.15, 0.2) is 6.10 Å². The molecule has 0 bridgehead atoms. The molecular formula is C41H74NNa7O23P4. The first-order valence-electron chi connectivity index (χ1n) is 24.1. The van der Waals surface area contributed by atoms with Gasteiger partial charge in [-0.05, 0) is 19.3 Å². The van der Waals surface area contributed by atoms with E-state index in [0.29, 0.717) is 25.7 Å². The Morgan fingerprint density at radius 2 is 0.842 bits per heavy atom. The Labute approximate surface area is 604 Å². The van der Waals surface area contributed by atoms with Crippen LogP contribution in [-0.2, 0) is 64.7 Å². The molecule has 0 heterocycles. The van der Waals surface area contributed by atoms with Crippen molar-refractivity contribution in [2.45, 2.75) is 230 Å². The monoisotopic (exact) mass is 1230 g/mol. The van der Waals surface area contributed by atoms with Crippen molar-refractivity contribution < 1.29 is 316 Å². The van der Waals surface area contributed by atoms with Crippen molar-refractivity contribution in [1.82, 2.24) is 5.32 Å². The van der Waals surface area contributed by atoms with Crippen molar-refractivity contribution in [3.63, 3.8) is 0 Å². The number of aliphatic hydroxyl groups is 2. The quantitative estimate of drug-likeness (QED) is 0.0221. The molecule has 1 aliphatic rings. The van der Waals surface area contributed by atoms with Crippen LogP contribution in [-0.4, -0.2) is 90.0 Å². The summed E-state index contributed by atoms with van der Waals surface area (Å²) in [4.78, 5) is 121. The topological polar surface area (TPSA) is 398 Å². The zero-order valence-corrected chi connectivity index (χ0v) is 64.5. The minimum atomic E-state index is -6.41. The van der Waals surface area contributed by atoms with Crippen molar-refractivity contribution in [3.05, 3.63) is 0 Å². The Kier molecular flexibility index (Phi) is 67.5. The summed E-state index contributed by atoms with van der Waals surface area (Å²) >= 11 is 0. The van der Waals surface area contributed by atoms with Crippen LogP contribution >= 0.6 is 31.3 Å². The van der Waals surface area contributed by atoms with Crippen LogP contribution in [0.5, 0.6) is 0 Å². The average molecular weight is 1230 g/mol. The summed E-state index contributed by atoms with van der Waals surface area (Å²) in [5.41, 5.74) is 0. The fourth-order valence-corrected chi connectivity index (χ4v) is 10.2. The molecule has 35 heteroatoms. The first kappa shape index (κ1) is 95.4. The number of esters is 2. The zero-order valence-electron chi connectivity index (χ0n) is 47.0. The van der Waals surface area contributed by atoms with Gasteiger partial charge in [-0.1, -0.05) is 149 Å². The van der Waals surface area contributed by atoms with E-state index in [4.69, 9.17) is 14.0 Å². The number of amides is 1. The van der Waals surface area contributed by atoms with Crippen LogP contribution in [0.1, 0.15) is 181 Å². The van der Waals surface area contributed by atoms with E-state index in [1.165, 1.54) is 38.5 Å². The molecule has 7 atom stereocenters. The smallest absolute Gasteiger partial charge is 0.790 e. The molecule has 6 unspecified atom stereocenters. The van der Waals surface area contributed by atoms with Gasteiger partial charge in [0.2, 0.25) is 5.91 Å². The number of nitrogens with one attached hydrogen (secondary N) is 1. The van der Waals surface area contributed by atoms with Crippen LogP contribution in [0.25, 0.3) is 0 Å². The van der Waals surface area contributed by atoms with Crippen LogP contribution in [0.4, 0.5) is 0 Å². The Bertz CT molecular complexity index is 1640. The second kappa shape index (κ2) is 53.8. The third kappa shape index (κ3) is 48.7. The minimum Gasteiger partial charge on any atom is -0.790 e. The number of hydrogen-bond donors (Lipinski definition) is 3. The number of aliphatic hydroxyl groups excluding tert-OH is 2. The molecule has 1 fully saturated rings. The summed E-state index contributed by atoms with van der Waals surface area (Å²) in [5, 5.41) is 24.3. The Morgan fingerprint density at radius 3 is 1.22 bits per heavy atom. The van der Waals surface area contributed by atoms with E-state index >= 15 is 0 Å². The summed E-state index contributed by atoms with van der Waals surface area (Å²) < 4.78 is 80.0. The van der Waals surface area contributed by atoms with Crippen molar-refractivity contribution >= 4 is 49.1 Å². The predicted octanol–water partition coefficient (Wildman–Crippen LogP) is -19.0. The van der Waals surface area contributed by atoms with E-state index in [0.717, 1.165) is 77.0 Å². The van der Waals surface area contributed by atoms with Crippen LogP contribution in [0.15, 0.2) is 0 Å². The van der Waals surface area contributed by atoms with Crippen molar-refractivity contribution in [2.24, 2.45) is 0 Å². The van der Waals surface area contributed by atoms with E-state index in [1.807, 2.05) is 0 Å². The first-order valence-corrected chi connectivity index (χ1v) is 29.9. The van der Waals surface area contributed by atoms with Gasteiger partial charge in [-0.25, -0.2) is 4.79 Å². The van der Waals surface area contributed by atoms with Crippen LogP contribution in [0.3, 0.4) is 0 Å². The van der Waals surface area contributed by atoms with Crippen molar-refractivity contribution in [2.75, 3.05) is 13.2 Å². The number of phosphoric ester groups is 4. The van der Waals surface area contributed by atoms with Crippen molar-refractivity contribution in [3.8, 4) is 0 Å². The van der Waals surface area contributed by atoms with Gasteiger partial charge in [-0.2, -0.15) is 0 Å². The predicted molar refractivity (Wildman–Crippen MR) is 233 cm³/mol. The molecule has 0 aromatic carbocycles. The van der Waals surface area contributed by atoms with E-state index in [9.17, 15) is 77.1 Å². The SMILES string of the molecule is CCCCCCCCCCCCCCCC(=O)O[C@H](COC(=O)C(CCCCCCCCCC)NC(=O)CCC)COP(=O)([O-])OC1C(O)C(OP(=O)([O-])[O-])C(OP(=O)([O-])[O-])C(OP(=O)([O-])[O-])C1O.[Na+].[Na+].[Na+].[Na+].[Na+].[Na+].[Na+]. The van der Waals surface area contributed by atoms with E-state index in [1.54, 1.807) is 6.92 Å². The average Bonchev–Trinajstić information content (AvgIpc) is 3.24.